The van der Waals surface area contributed by atoms with Gasteiger partial charge in [0.1, 0.15) is 5.82 Å². The third kappa shape index (κ3) is 3.64. The lowest BCUT2D eigenvalue weighted by atomic mass is 9.53. The Labute approximate surface area is 213 Å². The van der Waals surface area contributed by atoms with Crippen LogP contribution >= 0.6 is 0 Å². The largest absolute Gasteiger partial charge is 0.453 e. The van der Waals surface area contributed by atoms with Gasteiger partial charge in [-0.25, -0.2) is 9.78 Å². The normalized spacial score (nSPS) is 29.3. The molecule has 1 saturated heterocycles. The molecule has 2 amide bonds. The van der Waals surface area contributed by atoms with E-state index in [1.54, 1.807) is 11.8 Å². The van der Waals surface area contributed by atoms with Crippen LogP contribution in [0.1, 0.15) is 73.9 Å². The number of methoxy groups -OCH3 is 1. The summed E-state index contributed by atoms with van der Waals surface area (Å²) in [6, 6.07) is 12.0. The average molecular weight is 492 g/mol. The predicted molar refractivity (Wildman–Crippen MR) is 135 cm³/mol. The molecule has 2 saturated carbocycles. The lowest BCUT2D eigenvalue weighted by Gasteiger charge is -2.68. The van der Waals surface area contributed by atoms with E-state index >= 15 is 0 Å². The number of piperidine rings is 1. The lowest BCUT2D eigenvalue weighted by Crippen LogP contribution is -2.74. The van der Waals surface area contributed by atoms with Crippen molar-refractivity contribution in [2.75, 3.05) is 20.2 Å². The third-order valence-electron chi connectivity index (χ3n) is 9.40. The molecular weight excluding hydrogens is 454 g/mol. The van der Waals surface area contributed by atoms with Crippen molar-refractivity contribution in [1.29, 1.82) is 0 Å². The number of carbonyl (C=O) groups is 2. The van der Waals surface area contributed by atoms with Gasteiger partial charge in [0.15, 0.2) is 0 Å². The second kappa shape index (κ2) is 8.91. The molecule has 0 bridgehead atoms. The van der Waals surface area contributed by atoms with E-state index in [1.165, 1.54) is 37.6 Å². The van der Waals surface area contributed by atoms with Crippen LogP contribution in [0.5, 0.6) is 0 Å². The molecule has 5 atom stereocenters. The fourth-order valence-corrected chi connectivity index (χ4v) is 7.84. The fourth-order valence-electron chi connectivity index (χ4n) is 7.84. The Hall–Kier alpha value is -2.87. The first-order chi connectivity index (χ1) is 17.4. The van der Waals surface area contributed by atoms with Crippen LogP contribution in [0, 0.1) is 12.3 Å². The van der Waals surface area contributed by atoms with Gasteiger partial charge in [0, 0.05) is 50.0 Å². The third-order valence-corrected chi connectivity index (χ3v) is 9.40. The molecule has 4 unspecified atom stereocenters. The number of fused-ring (bicyclic) bond motifs is 1. The van der Waals surface area contributed by atoms with Crippen LogP contribution in [0.3, 0.4) is 0 Å². The van der Waals surface area contributed by atoms with E-state index in [2.05, 4.69) is 33.8 Å². The van der Waals surface area contributed by atoms with Gasteiger partial charge in [-0.05, 0) is 44.6 Å². The maximum atomic E-state index is 12.2. The number of benzene rings is 1. The molecule has 2 aliphatic heterocycles. The fraction of sp³-hybridized carbons (Fsp3) is 0.607. The second-order valence-corrected chi connectivity index (χ2v) is 11.2. The molecule has 4 aliphatic rings. The molecule has 8 heteroatoms. The van der Waals surface area contributed by atoms with Gasteiger partial charge >= 0.3 is 6.09 Å². The highest BCUT2D eigenvalue weighted by molar-refractivity contribution is 5.73. The highest BCUT2D eigenvalue weighted by atomic mass is 16.5. The Balaban J connectivity index is 1.18. The molecule has 2 aliphatic carbocycles. The van der Waals surface area contributed by atoms with Crippen LogP contribution in [-0.2, 0) is 22.5 Å². The summed E-state index contributed by atoms with van der Waals surface area (Å²) in [5.74, 6) is 1.10. The Morgan fingerprint density at radius 2 is 2.06 bits per heavy atom. The number of rotatable bonds is 6. The number of aryl methyl sites for hydroxylation is 1. The molecule has 1 spiro atoms. The number of hydrogen-bond acceptors (Lipinski definition) is 5. The summed E-state index contributed by atoms with van der Waals surface area (Å²) in [5, 5.41) is 3.17. The summed E-state index contributed by atoms with van der Waals surface area (Å²) in [7, 11) is 1.45. The number of nitrogens with zero attached hydrogens (tertiary/aromatic N) is 4. The van der Waals surface area contributed by atoms with E-state index in [-0.39, 0.29) is 18.0 Å². The summed E-state index contributed by atoms with van der Waals surface area (Å²) in [6.07, 6.45) is 6.38. The summed E-state index contributed by atoms with van der Waals surface area (Å²) in [6.45, 7) is 5.97. The first kappa shape index (κ1) is 23.5. The van der Waals surface area contributed by atoms with Crippen molar-refractivity contribution in [3.63, 3.8) is 0 Å². The molecule has 1 N–H and O–H groups in total. The minimum absolute atomic E-state index is 0.0211. The van der Waals surface area contributed by atoms with Gasteiger partial charge in [-0.1, -0.05) is 30.3 Å². The van der Waals surface area contributed by atoms with Crippen LogP contribution < -0.4 is 5.32 Å². The summed E-state index contributed by atoms with van der Waals surface area (Å²) < 4.78 is 7.45. The van der Waals surface area contributed by atoms with Gasteiger partial charge in [0.05, 0.1) is 31.1 Å². The molecule has 192 valence electrons. The molecule has 1 aromatic heterocycles. The molecule has 6 rings (SSSR count). The average Bonchev–Trinajstić information content (AvgIpc) is 3.41. The summed E-state index contributed by atoms with van der Waals surface area (Å²) in [4.78, 5) is 33.6. The van der Waals surface area contributed by atoms with Crippen LogP contribution in [0.25, 0.3) is 0 Å². The molecule has 3 fully saturated rings. The predicted octanol–water partition coefficient (Wildman–Crippen LogP) is 3.75. The number of carbonyl (C=O) groups excluding carboxylic acids is 2. The number of likely N-dealkylation sites (tertiary alicyclic amines) is 1. The number of imidazole rings is 1. The highest BCUT2D eigenvalue weighted by Gasteiger charge is 2.69. The van der Waals surface area contributed by atoms with Gasteiger partial charge in [0.2, 0.25) is 5.91 Å². The molecule has 3 heterocycles. The second-order valence-electron chi connectivity index (χ2n) is 11.2. The van der Waals surface area contributed by atoms with Crippen molar-refractivity contribution in [2.45, 2.75) is 83.1 Å². The zero-order chi connectivity index (χ0) is 25.0. The number of aromatic nitrogens is 2. The van der Waals surface area contributed by atoms with Gasteiger partial charge in [0.25, 0.3) is 0 Å². The smallest absolute Gasteiger partial charge is 0.409 e. The van der Waals surface area contributed by atoms with Gasteiger partial charge < -0.3 is 19.5 Å². The quantitative estimate of drug-likeness (QED) is 0.666. The number of ether oxygens (including phenoxy) is 1. The first-order valence-corrected chi connectivity index (χ1v) is 13.4. The summed E-state index contributed by atoms with van der Waals surface area (Å²) >= 11 is 0. The van der Waals surface area contributed by atoms with Crippen molar-refractivity contribution in [3.05, 3.63) is 53.1 Å². The Bertz CT molecular complexity index is 1160. The van der Waals surface area contributed by atoms with Crippen molar-refractivity contribution in [2.24, 2.45) is 5.41 Å². The number of amides is 2. The van der Waals surface area contributed by atoms with Crippen molar-refractivity contribution in [3.8, 4) is 0 Å². The van der Waals surface area contributed by atoms with E-state index in [0.717, 1.165) is 37.3 Å². The van der Waals surface area contributed by atoms with E-state index in [4.69, 9.17) is 9.72 Å². The lowest BCUT2D eigenvalue weighted by molar-refractivity contribution is -0.188. The SMILES string of the molecule is COC(=O)N1CCc2nc(C)n(C3CC4N(CC[C@H](NC(C)=O)c5ccccc5)C5CCC54C3)c2C1. The van der Waals surface area contributed by atoms with E-state index in [1.807, 2.05) is 18.2 Å². The maximum Gasteiger partial charge on any atom is 0.409 e. The number of hydrogen-bond donors (Lipinski definition) is 1. The zero-order valence-electron chi connectivity index (χ0n) is 21.6. The van der Waals surface area contributed by atoms with Crippen molar-refractivity contribution < 1.29 is 14.3 Å². The first-order valence-electron chi connectivity index (χ1n) is 13.4. The highest BCUT2D eigenvalue weighted by Crippen LogP contribution is 2.67. The van der Waals surface area contributed by atoms with E-state index in [0.29, 0.717) is 36.6 Å². The van der Waals surface area contributed by atoms with E-state index in [9.17, 15) is 9.59 Å². The van der Waals surface area contributed by atoms with Gasteiger partial charge in [-0.2, -0.15) is 0 Å². The van der Waals surface area contributed by atoms with Crippen molar-refractivity contribution in [1.82, 2.24) is 24.7 Å². The molecule has 2 aromatic rings. The van der Waals surface area contributed by atoms with Crippen LogP contribution in [0.2, 0.25) is 0 Å². The zero-order valence-corrected chi connectivity index (χ0v) is 21.6. The van der Waals surface area contributed by atoms with Gasteiger partial charge in [-0.15, -0.1) is 0 Å². The molecule has 36 heavy (non-hydrogen) atoms. The number of nitrogens with one attached hydrogen (secondary N) is 1. The standard InChI is InChI=1S/C28H37N5O3/c1-18-29-23-10-13-31(27(35)36-3)17-24(23)33(18)21-15-26-28(16-21)12-9-25(28)32(26)14-11-22(30-19(2)34)20-7-5-4-6-8-20/h4-8,21-22,25-26H,9-17H2,1-3H3,(H,30,34)/t21?,22-,25?,26?,28?/m0/s1. The monoisotopic (exact) mass is 491 g/mol. The minimum atomic E-state index is -0.256. The van der Waals surface area contributed by atoms with E-state index < -0.39 is 0 Å². The van der Waals surface area contributed by atoms with Crippen LogP contribution in [-0.4, -0.2) is 63.6 Å². The molecule has 1 aromatic carbocycles. The van der Waals surface area contributed by atoms with Crippen molar-refractivity contribution >= 4 is 12.0 Å². The van der Waals surface area contributed by atoms with Crippen LogP contribution in [0.4, 0.5) is 4.79 Å². The molecule has 8 nitrogen and oxygen atoms in total. The van der Waals surface area contributed by atoms with Gasteiger partial charge in [-0.3, -0.25) is 9.69 Å². The Morgan fingerprint density at radius 1 is 1.25 bits per heavy atom. The minimum Gasteiger partial charge on any atom is -0.453 e. The van der Waals surface area contributed by atoms with Crippen LogP contribution in [0.15, 0.2) is 30.3 Å². The Kier molecular flexibility index (Phi) is 5.82. The molecular formula is C28H37N5O3. The molecule has 0 radical (unpaired) electrons. The Morgan fingerprint density at radius 3 is 2.75 bits per heavy atom. The summed E-state index contributed by atoms with van der Waals surface area (Å²) in [5.41, 5.74) is 3.95. The maximum absolute atomic E-state index is 12.2. The topological polar surface area (TPSA) is 79.7 Å².